The number of ether oxygens (including phenoxy) is 2. The Balaban J connectivity index is 0.000000207. The van der Waals surface area contributed by atoms with Gasteiger partial charge in [-0.15, -0.1) is 12.4 Å². The Morgan fingerprint density at radius 2 is 1.05 bits per heavy atom. The summed E-state index contributed by atoms with van der Waals surface area (Å²) in [7, 11) is 0. The first-order valence-corrected chi connectivity index (χ1v) is 25.9. The van der Waals surface area contributed by atoms with Gasteiger partial charge in [-0.3, -0.25) is 14.8 Å². The Bertz CT molecular complexity index is 3000. The molecule has 17 nitrogen and oxygen atoms in total. The Kier molecular flexibility index (Phi) is 20.3. The molecule has 0 saturated carbocycles. The number of nitrogens with one attached hydrogen (secondary N) is 1. The van der Waals surface area contributed by atoms with E-state index in [1.807, 2.05) is 63.2 Å². The summed E-state index contributed by atoms with van der Waals surface area (Å²) in [4.78, 5) is 52.9. The number of halogens is 5. The molecule has 6 aromatic rings. The lowest BCUT2D eigenvalue weighted by atomic mass is 9.90. The SMILES string of the molecule is CC(C)N1CCOc2c(F)cc(-c3nc(Cc4ccc(C5CCN(C(=O)CO)CC5)cn4)ncc3F)cc21.CC(C)N1CCOc2c(F)cc(-c3nc(Cc4ccc(C5CCNCC5)cn4)ncc3F)cc21.Cl.O=C(O)CO. The molecular formula is C56H65ClF4N10O7. The van der Waals surface area contributed by atoms with Gasteiger partial charge in [-0.05, 0) is 126 Å². The Morgan fingerprint density at radius 1 is 0.615 bits per heavy atom. The van der Waals surface area contributed by atoms with Gasteiger partial charge in [-0.25, -0.2) is 42.3 Å². The minimum atomic E-state index is -1.19. The molecule has 4 N–H and O–H groups in total. The molecular weight excluding hydrogens is 1040 g/mol. The maximum absolute atomic E-state index is 14.9. The molecule has 2 fully saturated rings. The number of aliphatic hydroxyl groups is 2. The summed E-state index contributed by atoms with van der Waals surface area (Å²) in [5.74, 6) is -1.69. The van der Waals surface area contributed by atoms with Gasteiger partial charge in [0.1, 0.15) is 49.5 Å². The largest absolute Gasteiger partial charge is 0.486 e. The molecule has 2 saturated heterocycles. The molecule has 4 aliphatic heterocycles. The highest BCUT2D eigenvalue weighted by Gasteiger charge is 2.29. The van der Waals surface area contributed by atoms with Crippen LogP contribution in [-0.2, 0) is 22.4 Å². The number of aromatic nitrogens is 6. The number of rotatable bonds is 12. The van der Waals surface area contributed by atoms with Crippen molar-refractivity contribution < 1.29 is 51.9 Å². The predicted octanol–water partition coefficient (Wildman–Crippen LogP) is 7.68. The number of piperidine rings is 2. The van der Waals surface area contributed by atoms with Crippen molar-refractivity contribution in [3.63, 3.8) is 0 Å². The van der Waals surface area contributed by atoms with Gasteiger partial charge in [0.25, 0.3) is 0 Å². The highest BCUT2D eigenvalue weighted by molar-refractivity contribution is 5.85. The number of carboxylic acids is 1. The molecule has 8 heterocycles. The number of hydrogen-bond acceptors (Lipinski definition) is 15. The van der Waals surface area contributed by atoms with Crippen LogP contribution in [0, 0.1) is 23.3 Å². The Morgan fingerprint density at radius 3 is 1.44 bits per heavy atom. The molecule has 0 aliphatic carbocycles. The molecule has 10 rings (SSSR count). The second kappa shape index (κ2) is 27.0. The Hall–Kier alpha value is -7.07. The van der Waals surface area contributed by atoms with E-state index < -0.39 is 42.5 Å². The molecule has 0 atom stereocenters. The van der Waals surface area contributed by atoms with E-state index in [0.29, 0.717) is 98.2 Å². The fourth-order valence-corrected chi connectivity index (χ4v) is 9.94. The monoisotopic (exact) mass is 1100 g/mol. The van der Waals surface area contributed by atoms with Crippen molar-refractivity contribution >= 4 is 35.7 Å². The first-order valence-electron chi connectivity index (χ1n) is 25.9. The molecule has 4 aromatic heterocycles. The average molecular weight is 1100 g/mol. The van der Waals surface area contributed by atoms with Crippen molar-refractivity contribution in [1.29, 1.82) is 0 Å². The summed E-state index contributed by atoms with van der Waals surface area (Å²) >= 11 is 0. The van der Waals surface area contributed by atoms with Crippen molar-refractivity contribution in [2.45, 2.75) is 90.1 Å². The first kappa shape index (κ1) is 58.6. The number of aliphatic carboxylic acids is 1. The maximum Gasteiger partial charge on any atom is 0.329 e. The lowest BCUT2D eigenvalue weighted by Gasteiger charge is -2.34. The van der Waals surface area contributed by atoms with Crippen LogP contribution in [0.5, 0.6) is 11.5 Å². The quantitative estimate of drug-likeness (QED) is 0.0866. The zero-order chi connectivity index (χ0) is 54.8. The van der Waals surface area contributed by atoms with E-state index in [1.165, 1.54) is 17.7 Å². The minimum absolute atomic E-state index is 0. The van der Waals surface area contributed by atoms with Crippen LogP contribution in [0.15, 0.2) is 73.3 Å². The number of amides is 1. The molecule has 4 aliphatic rings. The minimum Gasteiger partial charge on any atom is -0.486 e. The van der Waals surface area contributed by atoms with Crippen molar-refractivity contribution in [3.8, 4) is 34.0 Å². The van der Waals surface area contributed by atoms with Gasteiger partial charge >= 0.3 is 5.97 Å². The van der Waals surface area contributed by atoms with E-state index in [2.05, 4.69) is 46.2 Å². The molecule has 0 unspecified atom stereocenters. The summed E-state index contributed by atoms with van der Waals surface area (Å²) in [6.45, 7) is 12.2. The first-order chi connectivity index (χ1) is 37.1. The van der Waals surface area contributed by atoms with E-state index >= 15 is 0 Å². The van der Waals surface area contributed by atoms with Crippen molar-refractivity contribution in [3.05, 3.63) is 131 Å². The number of carbonyl (C=O) groups is 2. The number of benzene rings is 2. The van der Waals surface area contributed by atoms with Crippen LogP contribution in [-0.4, -0.2) is 140 Å². The van der Waals surface area contributed by atoms with E-state index in [0.717, 1.165) is 68.1 Å². The van der Waals surface area contributed by atoms with Gasteiger partial charge in [0, 0.05) is 60.1 Å². The van der Waals surface area contributed by atoms with Crippen LogP contribution in [0.1, 0.15) is 99.4 Å². The number of carbonyl (C=O) groups excluding carboxylic acids is 1. The van der Waals surface area contributed by atoms with Gasteiger partial charge in [0.05, 0.1) is 49.7 Å². The average Bonchev–Trinajstić information content (AvgIpc) is 3.49. The van der Waals surface area contributed by atoms with Gasteiger partial charge < -0.3 is 44.8 Å². The van der Waals surface area contributed by atoms with Crippen LogP contribution >= 0.6 is 12.4 Å². The van der Waals surface area contributed by atoms with Crippen LogP contribution in [0.2, 0.25) is 0 Å². The molecule has 2 aromatic carbocycles. The highest BCUT2D eigenvalue weighted by Crippen LogP contribution is 2.41. The van der Waals surface area contributed by atoms with Gasteiger partial charge in [-0.1, -0.05) is 12.1 Å². The summed E-state index contributed by atoms with van der Waals surface area (Å²) in [5.41, 5.74) is 5.88. The molecule has 416 valence electrons. The number of anilines is 2. The fraction of sp³-hybridized carbons (Fsp3) is 0.429. The third-order valence-corrected chi connectivity index (χ3v) is 14.0. The van der Waals surface area contributed by atoms with Crippen LogP contribution in [0.4, 0.5) is 28.9 Å². The summed E-state index contributed by atoms with van der Waals surface area (Å²) in [6.07, 6.45) is 10.5. The zero-order valence-electron chi connectivity index (χ0n) is 44.0. The lowest BCUT2D eigenvalue weighted by Crippen LogP contribution is -2.39. The number of aliphatic hydroxyl groups excluding tert-OH is 2. The number of fused-ring (bicyclic) bond motifs is 2. The summed E-state index contributed by atoms with van der Waals surface area (Å²) < 4.78 is 70.5. The molecule has 22 heteroatoms. The molecule has 0 radical (unpaired) electrons. The second-order valence-corrected chi connectivity index (χ2v) is 19.8. The van der Waals surface area contributed by atoms with Crippen LogP contribution in [0.25, 0.3) is 22.5 Å². The molecule has 1 amide bonds. The highest BCUT2D eigenvalue weighted by atomic mass is 35.5. The number of pyridine rings is 2. The van der Waals surface area contributed by atoms with E-state index in [4.69, 9.17) is 29.6 Å². The van der Waals surface area contributed by atoms with Crippen LogP contribution < -0.4 is 24.6 Å². The number of likely N-dealkylation sites (tertiary alicyclic amines) is 1. The van der Waals surface area contributed by atoms with Crippen molar-refractivity contribution in [2.24, 2.45) is 0 Å². The van der Waals surface area contributed by atoms with Crippen LogP contribution in [0.3, 0.4) is 0 Å². The Labute approximate surface area is 456 Å². The molecule has 78 heavy (non-hydrogen) atoms. The van der Waals surface area contributed by atoms with E-state index in [9.17, 15) is 22.4 Å². The third kappa shape index (κ3) is 14.3. The van der Waals surface area contributed by atoms with Crippen molar-refractivity contribution in [1.82, 2.24) is 40.1 Å². The normalized spacial score (nSPS) is 15.4. The summed E-state index contributed by atoms with van der Waals surface area (Å²) in [5, 5.41) is 27.4. The van der Waals surface area contributed by atoms with Gasteiger partial charge in [0.15, 0.2) is 34.8 Å². The number of carboxylic acid groups (broad SMARTS) is 1. The van der Waals surface area contributed by atoms with Gasteiger partial charge in [-0.2, -0.15) is 0 Å². The fourth-order valence-electron chi connectivity index (χ4n) is 9.94. The predicted molar refractivity (Wildman–Crippen MR) is 287 cm³/mol. The lowest BCUT2D eigenvalue weighted by molar-refractivity contribution is -0.140. The summed E-state index contributed by atoms with van der Waals surface area (Å²) in [6, 6.07) is 14.3. The molecule has 0 spiro atoms. The molecule has 0 bridgehead atoms. The van der Waals surface area contributed by atoms with E-state index in [-0.39, 0.29) is 53.3 Å². The topological polar surface area (TPSA) is 212 Å². The second-order valence-electron chi connectivity index (χ2n) is 19.8. The van der Waals surface area contributed by atoms with Crippen molar-refractivity contribution in [2.75, 3.05) is 75.5 Å². The zero-order valence-corrected chi connectivity index (χ0v) is 44.8. The van der Waals surface area contributed by atoms with Gasteiger partial charge in [0.2, 0.25) is 5.91 Å². The standard InChI is InChI=1S/C28H31F2N5O3.C26H29F2N5O.C2H4O3.ClH/c1-17(2)35-9-10-38-28-22(29)11-20(12-24(28)35)27-23(30)15-32-25(33-27)13-21-4-3-19(14-31-21)18-5-7-34(8-6-18)26(37)16-36;1-16(2)33-9-10-34-26-21(27)11-19(12-23(26)33)25-22(28)15-31-24(32-25)13-20-4-3-18(14-30-20)17-5-7-29-8-6-17;3-1-2(4)5;/h3-4,11-12,14-15,17-18,36H,5-10,13,16H2,1-2H3;3-4,11-12,14-17,29H,5-10,13H2,1-2H3;3H,1H2,(H,4,5);1H. The maximum atomic E-state index is 14.9. The third-order valence-electron chi connectivity index (χ3n) is 14.0. The van der Waals surface area contributed by atoms with E-state index in [1.54, 1.807) is 17.0 Å². The number of nitrogens with zero attached hydrogens (tertiary/aromatic N) is 9. The number of hydrogen-bond donors (Lipinski definition) is 4. The smallest absolute Gasteiger partial charge is 0.329 e.